The maximum Gasteiger partial charge on any atom is 0.166 e. The summed E-state index contributed by atoms with van der Waals surface area (Å²) < 4.78 is 2.57. The van der Waals surface area contributed by atoms with Gasteiger partial charge in [-0.05, 0) is 26.0 Å². The van der Waals surface area contributed by atoms with Gasteiger partial charge in [0.15, 0.2) is 8.24 Å². The number of hydrogen-bond acceptors (Lipinski definition) is 0. The standard InChI is InChI=1S/C13H19NSi/c1-11-9-10-12(2)14(11)15(3,4)13-7-5-6-8-13/h5-10,13H,1-4H3. The van der Waals surface area contributed by atoms with Crippen LogP contribution in [0.2, 0.25) is 18.6 Å². The largest absolute Gasteiger partial charge is 0.375 e. The Bertz CT molecular complexity index is 392. The molecular weight excluding hydrogens is 198 g/mol. The fourth-order valence-corrected chi connectivity index (χ4v) is 6.06. The lowest BCUT2D eigenvalue weighted by Gasteiger charge is -2.32. The summed E-state index contributed by atoms with van der Waals surface area (Å²) in [5.41, 5.74) is 3.44. The summed E-state index contributed by atoms with van der Waals surface area (Å²) in [6.07, 6.45) is 9.03. The predicted octanol–water partition coefficient (Wildman–Crippen LogP) is 3.65. The minimum Gasteiger partial charge on any atom is -0.375 e. The van der Waals surface area contributed by atoms with E-state index in [2.05, 4.69) is 67.6 Å². The van der Waals surface area contributed by atoms with Crippen molar-refractivity contribution in [1.29, 1.82) is 0 Å². The molecule has 0 aliphatic heterocycles. The van der Waals surface area contributed by atoms with Crippen LogP contribution in [-0.4, -0.2) is 12.5 Å². The van der Waals surface area contributed by atoms with Crippen molar-refractivity contribution in [3.63, 3.8) is 0 Å². The summed E-state index contributed by atoms with van der Waals surface area (Å²) in [6.45, 7) is 9.31. The predicted molar refractivity (Wildman–Crippen MR) is 68.8 cm³/mol. The van der Waals surface area contributed by atoms with E-state index in [1.165, 1.54) is 11.4 Å². The van der Waals surface area contributed by atoms with Gasteiger partial charge in [0.2, 0.25) is 0 Å². The summed E-state index contributed by atoms with van der Waals surface area (Å²) in [4.78, 5) is 0. The molecule has 0 saturated carbocycles. The molecule has 1 aromatic heterocycles. The summed E-state index contributed by atoms with van der Waals surface area (Å²) in [7, 11) is -1.44. The monoisotopic (exact) mass is 217 g/mol. The first-order valence-corrected chi connectivity index (χ1v) is 8.56. The Morgan fingerprint density at radius 2 is 1.47 bits per heavy atom. The Morgan fingerprint density at radius 1 is 1.00 bits per heavy atom. The lowest BCUT2D eigenvalue weighted by molar-refractivity contribution is 0.984. The minimum atomic E-state index is -1.44. The Labute approximate surface area is 93.2 Å². The van der Waals surface area contributed by atoms with Crippen LogP contribution < -0.4 is 0 Å². The molecule has 0 aromatic carbocycles. The van der Waals surface area contributed by atoms with Gasteiger partial charge in [0.1, 0.15) is 0 Å². The maximum atomic E-state index is 2.57. The van der Waals surface area contributed by atoms with Crippen molar-refractivity contribution in [2.75, 3.05) is 0 Å². The molecule has 0 unspecified atom stereocenters. The molecule has 0 N–H and O–H groups in total. The second-order valence-corrected chi connectivity index (χ2v) is 9.32. The van der Waals surface area contributed by atoms with Gasteiger partial charge in [-0.3, -0.25) is 0 Å². The second-order valence-electron chi connectivity index (χ2n) is 4.90. The van der Waals surface area contributed by atoms with Gasteiger partial charge < -0.3 is 4.23 Å². The average molecular weight is 217 g/mol. The molecule has 1 aromatic rings. The van der Waals surface area contributed by atoms with Crippen LogP contribution in [0.15, 0.2) is 36.4 Å². The van der Waals surface area contributed by atoms with Gasteiger partial charge in [-0.2, -0.15) is 0 Å². The third-order valence-electron chi connectivity index (χ3n) is 3.41. The molecule has 0 spiro atoms. The van der Waals surface area contributed by atoms with Crippen LogP contribution in [0.25, 0.3) is 0 Å². The third-order valence-corrected chi connectivity index (χ3v) is 7.29. The van der Waals surface area contributed by atoms with Crippen molar-refractivity contribution in [3.8, 4) is 0 Å². The van der Waals surface area contributed by atoms with E-state index in [4.69, 9.17) is 0 Å². The van der Waals surface area contributed by atoms with Crippen molar-refractivity contribution < 1.29 is 0 Å². The van der Waals surface area contributed by atoms with Crippen LogP contribution in [0.5, 0.6) is 0 Å². The smallest absolute Gasteiger partial charge is 0.166 e. The van der Waals surface area contributed by atoms with Crippen molar-refractivity contribution in [2.24, 2.45) is 0 Å². The molecule has 80 valence electrons. The Hall–Kier alpha value is -1.02. The van der Waals surface area contributed by atoms with E-state index < -0.39 is 8.24 Å². The lowest BCUT2D eigenvalue weighted by Crippen LogP contribution is -2.41. The Morgan fingerprint density at radius 3 is 1.93 bits per heavy atom. The molecule has 2 heteroatoms. The number of aryl methyl sites for hydroxylation is 2. The molecule has 2 rings (SSSR count). The van der Waals surface area contributed by atoms with Crippen LogP contribution in [0.3, 0.4) is 0 Å². The molecule has 0 amide bonds. The van der Waals surface area contributed by atoms with E-state index in [1.807, 2.05) is 0 Å². The van der Waals surface area contributed by atoms with E-state index in [-0.39, 0.29) is 0 Å². The third kappa shape index (κ3) is 1.63. The summed E-state index contributed by atoms with van der Waals surface area (Å²) in [6, 6.07) is 4.46. The summed E-state index contributed by atoms with van der Waals surface area (Å²) >= 11 is 0. The second kappa shape index (κ2) is 3.53. The van der Waals surface area contributed by atoms with Crippen molar-refractivity contribution in [2.45, 2.75) is 32.5 Å². The molecule has 1 aliphatic rings. The average Bonchev–Trinajstić information content (AvgIpc) is 2.75. The topological polar surface area (TPSA) is 4.93 Å². The SMILES string of the molecule is Cc1ccc(C)n1[Si](C)(C)C1C=CC=C1. The van der Waals surface area contributed by atoms with Gasteiger partial charge in [-0.1, -0.05) is 37.4 Å². The van der Waals surface area contributed by atoms with Gasteiger partial charge in [0.25, 0.3) is 0 Å². The van der Waals surface area contributed by atoms with Crippen LogP contribution >= 0.6 is 0 Å². The highest BCUT2D eigenvalue weighted by Gasteiger charge is 2.33. The fraction of sp³-hybridized carbons (Fsp3) is 0.385. The number of nitrogens with zero attached hydrogens (tertiary/aromatic N) is 1. The van der Waals surface area contributed by atoms with Gasteiger partial charge >= 0.3 is 0 Å². The Balaban J connectivity index is 2.44. The molecule has 0 radical (unpaired) electrons. The van der Waals surface area contributed by atoms with Gasteiger partial charge in [-0.15, -0.1) is 0 Å². The van der Waals surface area contributed by atoms with E-state index in [0.717, 1.165) is 0 Å². The van der Waals surface area contributed by atoms with Gasteiger partial charge in [-0.25, -0.2) is 0 Å². The molecule has 1 aliphatic carbocycles. The molecule has 1 heterocycles. The number of aromatic nitrogens is 1. The van der Waals surface area contributed by atoms with Crippen molar-refractivity contribution in [3.05, 3.63) is 47.8 Å². The highest BCUT2D eigenvalue weighted by atomic mass is 28.3. The van der Waals surface area contributed by atoms with Crippen molar-refractivity contribution >= 4 is 8.24 Å². The van der Waals surface area contributed by atoms with Crippen LogP contribution in [0.4, 0.5) is 0 Å². The maximum absolute atomic E-state index is 2.57. The number of allylic oxidation sites excluding steroid dienone is 4. The summed E-state index contributed by atoms with van der Waals surface area (Å²) in [5.74, 6) is 0. The molecule has 0 bridgehead atoms. The normalized spacial score (nSPS) is 16.5. The lowest BCUT2D eigenvalue weighted by atomic mass is 10.5. The first-order chi connectivity index (χ1) is 7.03. The molecule has 0 saturated heterocycles. The zero-order valence-electron chi connectivity index (χ0n) is 9.99. The van der Waals surface area contributed by atoms with Crippen LogP contribution in [0, 0.1) is 13.8 Å². The molecular formula is C13H19NSi. The minimum absolute atomic E-state index is 0.641. The van der Waals surface area contributed by atoms with E-state index in [0.29, 0.717) is 5.54 Å². The zero-order valence-corrected chi connectivity index (χ0v) is 11.0. The quantitative estimate of drug-likeness (QED) is 0.666. The highest BCUT2D eigenvalue weighted by molar-refractivity contribution is 6.78. The molecule has 15 heavy (non-hydrogen) atoms. The fourth-order valence-electron chi connectivity index (χ4n) is 2.63. The van der Waals surface area contributed by atoms with E-state index in [1.54, 1.807) is 0 Å². The zero-order chi connectivity index (χ0) is 11.1. The Kier molecular flexibility index (Phi) is 2.47. The highest BCUT2D eigenvalue weighted by Crippen LogP contribution is 2.31. The van der Waals surface area contributed by atoms with Crippen LogP contribution in [0.1, 0.15) is 11.4 Å². The summed E-state index contributed by atoms with van der Waals surface area (Å²) in [5, 5.41) is 0. The molecule has 0 fully saturated rings. The molecule has 0 atom stereocenters. The van der Waals surface area contributed by atoms with Crippen molar-refractivity contribution in [1.82, 2.24) is 4.23 Å². The van der Waals surface area contributed by atoms with Crippen LogP contribution in [-0.2, 0) is 0 Å². The van der Waals surface area contributed by atoms with E-state index in [9.17, 15) is 0 Å². The first kappa shape index (κ1) is 10.5. The van der Waals surface area contributed by atoms with Gasteiger partial charge in [0.05, 0.1) is 0 Å². The van der Waals surface area contributed by atoms with E-state index >= 15 is 0 Å². The number of hydrogen-bond donors (Lipinski definition) is 0. The molecule has 1 nitrogen and oxygen atoms in total. The number of rotatable bonds is 2. The van der Waals surface area contributed by atoms with Gasteiger partial charge in [0, 0.05) is 16.9 Å². The first-order valence-electron chi connectivity index (χ1n) is 5.54.